The molecule has 1 saturated carbocycles. The van der Waals surface area contributed by atoms with E-state index in [-0.39, 0.29) is 5.82 Å². The third kappa shape index (κ3) is 3.29. The van der Waals surface area contributed by atoms with Crippen LogP contribution in [0.3, 0.4) is 0 Å². The first kappa shape index (κ1) is 13.8. The Bertz CT molecular complexity index is 474. The molecule has 1 nitrogen and oxygen atoms in total. The Morgan fingerprint density at radius 2 is 2.00 bits per heavy atom. The van der Waals surface area contributed by atoms with Crippen LogP contribution in [0.25, 0.3) is 0 Å². The summed E-state index contributed by atoms with van der Waals surface area (Å²) in [7, 11) is 0. The highest BCUT2D eigenvalue weighted by atomic mass is 19.1. The van der Waals surface area contributed by atoms with Gasteiger partial charge in [-0.3, -0.25) is 0 Å². The van der Waals surface area contributed by atoms with Gasteiger partial charge in [0, 0.05) is 6.04 Å². The van der Waals surface area contributed by atoms with Gasteiger partial charge in [-0.05, 0) is 69.0 Å². The third-order valence-corrected chi connectivity index (χ3v) is 4.75. The normalized spacial score (nSPS) is 25.9. The molecule has 3 rings (SSSR count). The fourth-order valence-electron chi connectivity index (χ4n) is 3.41. The van der Waals surface area contributed by atoms with Crippen LogP contribution in [0.15, 0.2) is 35.9 Å². The third-order valence-electron chi connectivity index (χ3n) is 4.75. The largest absolute Gasteiger partial charge is 0.314 e. The van der Waals surface area contributed by atoms with E-state index in [1.807, 2.05) is 12.1 Å². The fourth-order valence-corrected chi connectivity index (χ4v) is 3.41. The van der Waals surface area contributed by atoms with Crippen LogP contribution in [0.1, 0.15) is 56.4 Å². The van der Waals surface area contributed by atoms with Gasteiger partial charge in [0.1, 0.15) is 5.82 Å². The van der Waals surface area contributed by atoms with Gasteiger partial charge in [-0.25, -0.2) is 4.39 Å². The van der Waals surface area contributed by atoms with E-state index >= 15 is 0 Å². The van der Waals surface area contributed by atoms with Crippen molar-refractivity contribution in [1.29, 1.82) is 0 Å². The zero-order valence-electron chi connectivity index (χ0n) is 12.1. The Morgan fingerprint density at radius 3 is 2.75 bits per heavy atom. The van der Waals surface area contributed by atoms with Crippen LogP contribution in [-0.2, 0) is 0 Å². The molecule has 0 heterocycles. The van der Waals surface area contributed by atoms with E-state index in [2.05, 4.69) is 11.4 Å². The van der Waals surface area contributed by atoms with Crippen molar-refractivity contribution >= 4 is 0 Å². The Labute approximate surface area is 121 Å². The molecule has 1 aromatic carbocycles. The second-order valence-corrected chi connectivity index (χ2v) is 6.20. The van der Waals surface area contributed by atoms with Gasteiger partial charge in [0.25, 0.3) is 0 Å². The second kappa shape index (κ2) is 6.53. The summed E-state index contributed by atoms with van der Waals surface area (Å²) in [5, 5.41) is 3.62. The van der Waals surface area contributed by atoms with Crippen LogP contribution >= 0.6 is 0 Å². The van der Waals surface area contributed by atoms with Crippen molar-refractivity contribution in [2.45, 2.75) is 56.9 Å². The molecule has 0 atom stereocenters. The van der Waals surface area contributed by atoms with E-state index in [0.29, 0.717) is 12.0 Å². The van der Waals surface area contributed by atoms with Gasteiger partial charge in [-0.15, -0.1) is 0 Å². The van der Waals surface area contributed by atoms with Crippen LogP contribution in [0, 0.1) is 5.82 Å². The molecule has 0 unspecified atom stereocenters. The monoisotopic (exact) mass is 273 g/mol. The van der Waals surface area contributed by atoms with Gasteiger partial charge < -0.3 is 5.32 Å². The van der Waals surface area contributed by atoms with E-state index < -0.39 is 0 Å². The van der Waals surface area contributed by atoms with E-state index in [4.69, 9.17) is 0 Å². The zero-order chi connectivity index (χ0) is 13.8. The smallest absolute Gasteiger partial charge is 0.126 e. The van der Waals surface area contributed by atoms with Crippen molar-refractivity contribution in [1.82, 2.24) is 5.32 Å². The van der Waals surface area contributed by atoms with Crippen LogP contribution in [0.4, 0.5) is 4.39 Å². The van der Waals surface area contributed by atoms with Crippen molar-refractivity contribution in [3.05, 3.63) is 47.3 Å². The summed E-state index contributed by atoms with van der Waals surface area (Å²) in [4.78, 5) is 0. The average Bonchev–Trinajstić information content (AvgIpc) is 2.44. The SMILES string of the molecule is Fc1ccccc1C1CC(NCCC2=CCCCC2)C1. The van der Waals surface area contributed by atoms with Gasteiger partial charge in [-0.2, -0.15) is 0 Å². The van der Waals surface area contributed by atoms with Crippen molar-refractivity contribution < 1.29 is 4.39 Å². The quantitative estimate of drug-likeness (QED) is 0.776. The minimum Gasteiger partial charge on any atom is -0.314 e. The molecular weight excluding hydrogens is 249 g/mol. The van der Waals surface area contributed by atoms with Crippen LogP contribution in [0.5, 0.6) is 0 Å². The van der Waals surface area contributed by atoms with Gasteiger partial charge in [-0.1, -0.05) is 29.8 Å². The molecule has 2 aliphatic rings. The summed E-state index contributed by atoms with van der Waals surface area (Å²) >= 11 is 0. The van der Waals surface area contributed by atoms with Gasteiger partial charge in [0.05, 0.1) is 0 Å². The molecule has 2 heteroatoms. The topological polar surface area (TPSA) is 12.0 Å². The first-order valence-corrected chi connectivity index (χ1v) is 7.98. The molecule has 108 valence electrons. The Balaban J connectivity index is 1.38. The summed E-state index contributed by atoms with van der Waals surface area (Å²) in [6.07, 6.45) is 11.1. The summed E-state index contributed by atoms with van der Waals surface area (Å²) < 4.78 is 13.7. The number of nitrogens with one attached hydrogen (secondary N) is 1. The maximum absolute atomic E-state index is 13.7. The fraction of sp³-hybridized carbons (Fsp3) is 0.556. The molecule has 1 aromatic rings. The molecule has 1 fully saturated rings. The lowest BCUT2D eigenvalue weighted by molar-refractivity contribution is 0.286. The molecular formula is C18H24FN. The van der Waals surface area contributed by atoms with Crippen molar-refractivity contribution in [3.63, 3.8) is 0 Å². The average molecular weight is 273 g/mol. The summed E-state index contributed by atoms with van der Waals surface area (Å²) in [5.74, 6) is 0.380. The minimum atomic E-state index is -0.0386. The highest BCUT2D eigenvalue weighted by molar-refractivity contribution is 5.24. The van der Waals surface area contributed by atoms with Crippen LogP contribution in [0.2, 0.25) is 0 Å². The lowest BCUT2D eigenvalue weighted by Crippen LogP contribution is -2.40. The number of rotatable bonds is 5. The number of hydrogen-bond donors (Lipinski definition) is 1. The number of benzene rings is 1. The predicted octanol–water partition coefficient (Wildman–Crippen LogP) is 4.55. The molecule has 0 aliphatic heterocycles. The summed E-state index contributed by atoms with van der Waals surface area (Å²) in [6.45, 7) is 1.08. The van der Waals surface area contributed by atoms with Gasteiger partial charge in [0.15, 0.2) is 0 Å². The molecule has 0 amide bonds. The van der Waals surface area contributed by atoms with E-state index in [1.165, 1.54) is 32.1 Å². The lowest BCUT2D eigenvalue weighted by Gasteiger charge is -2.36. The van der Waals surface area contributed by atoms with E-state index in [9.17, 15) is 4.39 Å². The summed E-state index contributed by atoms with van der Waals surface area (Å²) in [5.41, 5.74) is 2.54. The molecule has 0 aromatic heterocycles. The van der Waals surface area contributed by atoms with Gasteiger partial charge >= 0.3 is 0 Å². The van der Waals surface area contributed by atoms with Crippen LogP contribution in [-0.4, -0.2) is 12.6 Å². The number of allylic oxidation sites excluding steroid dienone is 1. The first-order valence-electron chi connectivity index (χ1n) is 7.98. The lowest BCUT2D eigenvalue weighted by atomic mass is 9.75. The first-order chi connectivity index (χ1) is 9.83. The molecule has 20 heavy (non-hydrogen) atoms. The Kier molecular flexibility index (Phi) is 4.51. The highest BCUT2D eigenvalue weighted by Crippen LogP contribution is 2.37. The molecule has 0 spiro atoms. The number of hydrogen-bond acceptors (Lipinski definition) is 1. The molecule has 0 saturated heterocycles. The molecule has 2 aliphatic carbocycles. The van der Waals surface area contributed by atoms with E-state index in [1.54, 1.807) is 17.7 Å². The van der Waals surface area contributed by atoms with Crippen molar-refractivity contribution in [3.8, 4) is 0 Å². The van der Waals surface area contributed by atoms with Crippen LogP contribution < -0.4 is 5.32 Å². The second-order valence-electron chi connectivity index (χ2n) is 6.20. The van der Waals surface area contributed by atoms with Gasteiger partial charge in [0.2, 0.25) is 0 Å². The summed E-state index contributed by atoms with van der Waals surface area (Å²) in [6, 6.07) is 7.80. The standard InChI is InChI=1S/C18H24FN/c19-18-9-5-4-8-17(18)15-12-16(13-15)20-11-10-14-6-2-1-3-7-14/h4-6,8-9,15-16,20H,1-3,7,10-13H2. The molecule has 1 N–H and O–H groups in total. The number of halogens is 1. The zero-order valence-corrected chi connectivity index (χ0v) is 12.1. The maximum Gasteiger partial charge on any atom is 0.126 e. The molecule has 0 radical (unpaired) electrons. The Morgan fingerprint density at radius 1 is 1.15 bits per heavy atom. The van der Waals surface area contributed by atoms with Crippen molar-refractivity contribution in [2.75, 3.05) is 6.54 Å². The minimum absolute atomic E-state index is 0.0386. The van der Waals surface area contributed by atoms with E-state index in [0.717, 1.165) is 24.9 Å². The Hall–Kier alpha value is -1.15. The molecule has 0 bridgehead atoms. The predicted molar refractivity (Wildman–Crippen MR) is 81.3 cm³/mol. The maximum atomic E-state index is 13.7. The highest BCUT2D eigenvalue weighted by Gasteiger charge is 2.31. The van der Waals surface area contributed by atoms with Crippen molar-refractivity contribution in [2.24, 2.45) is 0 Å².